The fraction of sp³-hybridized carbons (Fsp3) is 0.500. The molecule has 1 N–H and O–H groups in total. The molecule has 0 bridgehead atoms. The minimum atomic E-state index is -1.07. The number of ether oxygens (including phenoxy) is 1. The maximum Gasteiger partial charge on any atom is 0.322 e. The molecule has 1 aromatic heterocycles. The lowest BCUT2D eigenvalue weighted by atomic mass is 10.2. The van der Waals surface area contributed by atoms with E-state index in [1.807, 2.05) is 6.92 Å². The Morgan fingerprint density at radius 2 is 2.12 bits per heavy atom. The van der Waals surface area contributed by atoms with Gasteiger partial charge in [0, 0.05) is 19.5 Å². The molecule has 0 radical (unpaired) electrons. The van der Waals surface area contributed by atoms with Crippen LogP contribution in [0.15, 0.2) is 17.6 Å². The third-order valence-electron chi connectivity index (χ3n) is 1.95. The van der Waals surface area contributed by atoms with Crippen molar-refractivity contribution in [3.8, 4) is 0 Å². The number of aliphatic carboxylic acids is 1. The Hall–Kier alpha value is -1.14. The van der Waals surface area contributed by atoms with Gasteiger partial charge in [-0.2, -0.15) is 0 Å². The van der Waals surface area contributed by atoms with Crippen molar-refractivity contribution >= 4 is 17.7 Å². The number of nitrogens with zero attached hydrogens (tertiary/aromatic N) is 2. The monoisotopic (exact) mass is 242 g/mol. The molecule has 0 fully saturated rings. The third kappa shape index (κ3) is 3.18. The molecule has 0 amide bonds. The van der Waals surface area contributed by atoms with E-state index in [-0.39, 0.29) is 6.61 Å². The number of methoxy groups -OCH3 is 1. The second-order valence-corrected chi connectivity index (χ2v) is 5.08. The molecule has 1 heterocycles. The van der Waals surface area contributed by atoms with Gasteiger partial charge in [-0.15, -0.1) is 0 Å². The van der Waals surface area contributed by atoms with Crippen molar-refractivity contribution in [3.63, 3.8) is 0 Å². The molecule has 5 nitrogen and oxygen atoms in total. The number of thioether (sulfide) groups is 1. The molecule has 0 saturated heterocycles. The molecule has 0 aliphatic rings. The van der Waals surface area contributed by atoms with E-state index in [1.165, 1.54) is 7.11 Å². The van der Waals surface area contributed by atoms with E-state index in [0.717, 1.165) is 17.3 Å². The van der Waals surface area contributed by atoms with Crippen LogP contribution in [0.25, 0.3) is 0 Å². The van der Waals surface area contributed by atoms with Crippen LogP contribution in [0.1, 0.15) is 12.5 Å². The summed E-state index contributed by atoms with van der Waals surface area (Å²) in [4.78, 5) is 19.2. The lowest BCUT2D eigenvalue weighted by Gasteiger charge is -2.21. The highest BCUT2D eigenvalue weighted by Gasteiger charge is 2.35. The van der Waals surface area contributed by atoms with Crippen LogP contribution < -0.4 is 0 Å². The summed E-state index contributed by atoms with van der Waals surface area (Å²) in [6.45, 7) is 3.57. The molecular formula is C10H14N2O3S. The van der Waals surface area contributed by atoms with Crippen molar-refractivity contribution in [3.05, 3.63) is 18.0 Å². The number of rotatable bonds is 5. The summed E-state index contributed by atoms with van der Waals surface area (Å²) in [7, 11) is 1.47. The predicted molar refractivity (Wildman–Crippen MR) is 60.5 cm³/mol. The second-order valence-electron chi connectivity index (χ2n) is 3.61. The zero-order valence-corrected chi connectivity index (χ0v) is 10.2. The average molecular weight is 242 g/mol. The Kier molecular flexibility index (Phi) is 4.26. The summed E-state index contributed by atoms with van der Waals surface area (Å²) in [5, 5.41) is 9.56. The van der Waals surface area contributed by atoms with Crippen LogP contribution in [0.4, 0.5) is 0 Å². The Bertz CT molecular complexity index is 369. The minimum Gasteiger partial charge on any atom is -0.480 e. The van der Waals surface area contributed by atoms with Gasteiger partial charge in [0.15, 0.2) is 5.16 Å². The fourth-order valence-electron chi connectivity index (χ4n) is 1.05. The van der Waals surface area contributed by atoms with Crippen LogP contribution in [-0.2, 0) is 9.53 Å². The molecule has 0 saturated carbocycles. The zero-order chi connectivity index (χ0) is 12.2. The summed E-state index contributed by atoms with van der Waals surface area (Å²) in [5.74, 6) is -0.941. The van der Waals surface area contributed by atoms with Crippen LogP contribution >= 0.6 is 11.8 Å². The standard InChI is InChI=1S/C10H14N2O3S/c1-7-4-11-9(12-5-7)16-10(2,6-15-3)8(13)14/h4-5H,6H2,1-3H3,(H,13,14). The quantitative estimate of drug-likeness (QED) is 0.621. The van der Waals surface area contributed by atoms with E-state index in [4.69, 9.17) is 9.84 Å². The van der Waals surface area contributed by atoms with Gasteiger partial charge in [-0.05, 0) is 19.4 Å². The van der Waals surface area contributed by atoms with Gasteiger partial charge in [0.1, 0.15) is 4.75 Å². The van der Waals surface area contributed by atoms with E-state index in [9.17, 15) is 4.79 Å². The van der Waals surface area contributed by atoms with Crippen molar-refractivity contribution in [1.82, 2.24) is 9.97 Å². The number of hydrogen-bond acceptors (Lipinski definition) is 5. The Labute approximate surface area is 98.3 Å². The van der Waals surface area contributed by atoms with Gasteiger partial charge in [-0.25, -0.2) is 9.97 Å². The van der Waals surface area contributed by atoms with Gasteiger partial charge in [0.25, 0.3) is 0 Å². The van der Waals surface area contributed by atoms with E-state index >= 15 is 0 Å². The number of carbonyl (C=O) groups is 1. The first-order chi connectivity index (χ1) is 7.48. The highest BCUT2D eigenvalue weighted by atomic mass is 32.2. The van der Waals surface area contributed by atoms with Gasteiger partial charge in [0.05, 0.1) is 6.61 Å². The van der Waals surface area contributed by atoms with Crippen LogP contribution in [0.2, 0.25) is 0 Å². The number of carboxylic acids is 1. The SMILES string of the molecule is COCC(C)(Sc1ncc(C)cn1)C(=O)O. The van der Waals surface area contributed by atoms with Gasteiger partial charge in [-0.3, -0.25) is 4.79 Å². The molecule has 16 heavy (non-hydrogen) atoms. The first kappa shape index (κ1) is 12.9. The lowest BCUT2D eigenvalue weighted by Crippen LogP contribution is -2.36. The van der Waals surface area contributed by atoms with Gasteiger partial charge >= 0.3 is 5.97 Å². The largest absolute Gasteiger partial charge is 0.480 e. The first-order valence-corrected chi connectivity index (χ1v) is 5.49. The maximum atomic E-state index is 11.1. The van der Waals surface area contributed by atoms with Crippen LogP contribution in [-0.4, -0.2) is 39.5 Å². The second kappa shape index (κ2) is 5.27. The molecule has 1 unspecified atom stereocenters. The van der Waals surface area contributed by atoms with E-state index in [2.05, 4.69) is 9.97 Å². The van der Waals surface area contributed by atoms with E-state index < -0.39 is 10.7 Å². The Morgan fingerprint density at radius 3 is 2.56 bits per heavy atom. The van der Waals surface area contributed by atoms with Crippen LogP contribution in [0, 0.1) is 6.92 Å². The lowest BCUT2D eigenvalue weighted by molar-refractivity contribution is -0.140. The van der Waals surface area contributed by atoms with E-state index in [0.29, 0.717) is 5.16 Å². The molecule has 88 valence electrons. The third-order valence-corrected chi connectivity index (χ3v) is 3.08. The van der Waals surface area contributed by atoms with Crippen molar-refractivity contribution in [2.75, 3.05) is 13.7 Å². The van der Waals surface area contributed by atoms with Crippen molar-refractivity contribution < 1.29 is 14.6 Å². The molecule has 6 heteroatoms. The van der Waals surface area contributed by atoms with Gasteiger partial charge in [0.2, 0.25) is 0 Å². The smallest absolute Gasteiger partial charge is 0.322 e. The molecule has 1 rings (SSSR count). The molecule has 1 aromatic rings. The Morgan fingerprint density at radius 1 is 1.56 bits per heavy atom. The maximum absolute atomic E-state index is 11.1. The molecule has 0 aliphatic heterocycles. The highest BCUT2D eigenvalue weighted by Crippen LogP contribution is 2.30. The van der Waals surface area contributed by atoms with Gasteiger partial charge < -0.3 is 9.84 Å². The topological polar surface area (TPSA) is 72.3 Å². The summed E-state index contributed by atoms with van der Waals surface area (Å²) >= 11 is 1.09. The van der Waals surface area contributed by atoms with Crippen LogP contribution in [0.3, 0.4) is 0 Å². The van der Waals surface area contributed by atoms with E-state index in [1.54, 1.807) is 19.3 Å². The fourth-order valence-corrected chi connectivity index (χ4v) is 1.92. The van der Waals surface area contributed by atoms with Crippen molar-refractivity contribution in [1.29, 1.82) is 0 Å². The number of aryl methyl sites for hydroxylation is 1. The normalized spacial score (nSPS) is 14.4. The molecule has 0 spiro atoms. The first-order valence-electron chi connectivity index (χ1n) is 4.68. The highest BCUT2D eigenvalue weighted by molar-refractivity contribution is 8.01. The van der Waals surface area contributed by atoms with Crippen molar-refractivity contribution in [2.24, 2.45) is 0 Å². The summed E-state index contributed by atoms with van der Waals surface area (Å²) in [5.41, 5.74) is 0.938. The molecular weight excluding hydrogens is 228 g/mol. The number of hydrogen-bond donors (Lipinski definition) is 1. The van der Waals surface area contributed by atoms with Crippen molar-refractivity contribution in [2.45, 2.75) is 23.8 Å². The zero-order valence-electron chi connectivity index (χ0n) is 9.43. The van der Waals surface area contributed by atoms with Crippen LogP contribution in [0.5, 0.6) is 0 Å². The predicted octanol–water partition coefficient (Wildman–Crippen LogP) is 1.37. The average Bonchev–Trinajstić information content (AvgIpc) is 2.22. The Balaban J connectivity index is 2.83. The summed E-state index contributed by atoms with van der Waals surface area (Å²) < 4.78 is 3.84. The molecule has 0 aliphatic carbocycles. The summed E-state index contributed by atoms with van der Waals surface area (Å²) in [6.07, 6.45) is 3.31. The number of carboxylic acid groups (broad SMARTS) is 1. The number of aromatic nitrogens is 2. The summed E-state index contributed by atoms with van der Waals surface area (Å²) in [6, 6.07) is 0. The minimum absolute atomic E-state index is 0.101. The van der Waals surface area contributed by atoms with Gasteiger partial charge in [-0.1, -0.05) is 11.8 Å². The molecule has 1 atom stereocenters. The molecule has 0 aromatic carbocycles.